The lowest BCUT2D eigenvalue weighted by Gasteiger charge is -2.25. The van der Waals surface area contributed by atoms with E-state index in [1.165, 1.54) is 11.0 Å². The van der Waals surface area contributed by atoms with Crippen molar-refractivity contribution in [1.29, 1.82) is 0 Å². The quantitative estimate of drug-likeness (QED) is 0.496. The maximum absolute atomic E-state index is 13.0. The van der Waals surface area contributed by atoms with Crippen LogP contribution in [-0.2, 0) is 9.59 Å². The summed E-state index contributed by atoms with van der Waals surface area (Å²) in [6.07, 6.45) is 2.48. The van der Waals surface area contributed by atoms with Crippen molar-refractivity contribution in [3.05, 3.63) is 58.1 Å². The van der Waals surface area contributed by atoms with Gasteiger partial charge in [-0.05, 0) is 68.0 Å². The zero-order valence-corrected chi connectivity index (χ0v) is 19.9. The molecule has 1 aliphatic heterocycles. The third-order valence-electron chi connectivity index (χ3n) is 6.90. The van der Waals surface area contributed by atoms with Crippen molar-refractivity contribution in [3.8, 4) is 11.3 Å². The van der Waals surface area contributed by atoms with Crippen molar-refractivity contribution in [1.82, 2.24) is 4.98 Å². The molecule has 6 nitrogen and oxygen atoms in total. The summed E-state index contributed by atoms with van der Waals surface area (Å²) in [5, 5.41) is 12.3. The number of carbonyl (C=O) groups is 3. The number of aryl methyl sites for hydroxylation is 1. The van der Waals surface area contributed by atoms with Crippen molar-refractivity contribution in [2.45, 2.75) is 33.1 Å². The summed E-state index contributed by atoms with van der Waals surface area (Å²) in [6.45, 7) is 4.00. The van der Waals surface area contributed by atoms with E-state index in [0.717, 1.165) is 29.3 Å². The molecule has 0 bridgehead atoms. The number of pyridine rings is 1. The smallest absolute Gasteiger partial charge is 0.237 e. The number of hydrogen-bond donors (Lipinski definition) is 0. The number of imide groups is 1. The lowest BCUT2D eigenvalue weighted by Crippen LogP contribution is -2.30. The Morgan fingerprint density at radius 2 is 1.76 bits per heavy atom. The number of fused-ring (bicyclic) bond motifs is 2. The number of nitrogens with zero attached hydrogens (tertiary/aromatic N) is 2. The number of amides is 2. The van der Waals surface area contributed by atoms with Crippen molar-refractivity contribution in [2.75, 3.05) is 4.90 Å². The monoisotopic (exact) mass is 505 g/mol. The second kappa shape index (κ2) is 8.06. The van der Waals surface area contributed by atoms with Gasteiger partial charge in [-0.3, -0.25) is 14.5 Å². The molecule has 33 heavy (non-hydrogen) atoms. The van der Waals surface area contributed by atoms with Gasteiger partial charge in [-0.15, -0.1) is 0 Å². The highest BCUT2D eigenvalue weighted by Crippen LogP contribution is 2.42. The van der Waals surface area contributed by atoms with Gasteiger partial charge in [0.05, 0.1) is 34.7 Å². The lowest BCUT2D eigenvalue weighted by molar-refractivity contribution is -0.254. The van der Waals surface area contributed by atoms with Crippen LogP contribution in [0.4, 0.5) is 5.69 Å². The first-order valence-corrected chi connectivity index (χ1v) is 11.8. The van der Waals surface area contributed by atoms with Gasteiger partial charge in [-0.2, -0.15) is 0 Å². The van der Waals surface area contributed by atoms with Crippen LogP contribution in [0.25, 0.3) is 22.2 Å². The van der Waals surface area contributed by atoms with Crippen LogP contribution in [0.15, 0.2) is 46.9 Å². The summed E-state index contributed by atoms with van der Waals surface area (Å²) >= 11 is 3.40. The maximum atomic E-state index is 13.0. The number of carbonyl (C=O) groups excluding carboxylic acids is 3. The first-order chi connectivity index (χ1) is 15.7. The van der Waals surface area contributed by atoms with Gasteiger partial charge in [0.15, 0.2) is 0 Å². The maximum Gasteiger partial charge on any atom is 0.237 e. The fourth-order valence-corrected chi connectivity index (χ4v) is 5.77. The minimum atomic E-state index is -1.28. The molecule has 2 fully saturated rings. The van der Waals surface area contributed by atoms with Gasteiger partial charge < -0.3 is 9.90 Å². The SMILES string of the molecule is Cc1cc(Br)cc2c(C(=O)[O-])cc(-c3ccc(N4C(=O)C5CCC(C)CC5C4=O)cc3)nc12. The van der Waals surface area contributed by atoms with E-state index >= 15 is 0 Å². The highest BCUT2D eigenvalue weighted by atomic mass is 79.9. The fourth-order valence-electron chi connectivity index (χ4n) is 5.20. The Hall–Kier alpha value is -3.06. The Labute approximate surface area is 199 Å². The van der Waals surface area contributed by atoms with Crippen LogP contribution >= 0.6 is 15.9 Å². The number of aromatic carboxylic acids is 1. The Morgan fingerprint density at radius 1 is 1.06 bits per heavy atom. The number of carboxylic acids is 1. The van der Waals surface area contributed by atoms with E-state index in [1.807, 2.05) is 13.0 Å². The normalized spacial score (nSPS) is 22.6. The number of carboxylic acid groups (broad SMARTS) is 1. The third kappa shape index (κ3) is 3.64. The molecule has 5 rings (SSSR count). The molecule has 1 aliphatic carbocycles. The van der Waals surface area contributed by atoms with Crippen LogP contribution in [0.5, 0.6) is 0 Å². The molecule has 0 spiro atoms. The zero-order valence-electron chi connectivity index (χ0n) is 18.3. The lowest BCUT2D eigenvalue weighted by atomic mass is 9.76. The van der Waals surface area contributed by atoms with Gasteiger partial charge in [-0.1, -0.05) is 35.0 Å². The Morgan fingerprint density at radius 3 is 2.45 bits per heavy atom. The molecule has 2 aromatic carbocycles. The molecule has 3 aromatic rings. The number of aromatic nitrogens is 1. The molecule has 1 saturated carbocycles. The van der Waals surface area contributed by atoms with Crippen LogP contribution in [0, 0.1) is 24.7 Å². The number of halogens is 1. The molecule has 168 valence electrons. The summed E-state index contributed by atoms with van der Waals surface area (Å²) in [6, 6.07) is 12.1. The van der Waals surface area contributed by atoms with E-state index in [4.69, 9.17) is 4.98 Å². The molecule has 2 heterocycles. The molecule has 3 atom stereocenters. The van der Waals surface area contributed by atoms with E-state index < -0.39 is 5.97 Å². The first kappa shape index (κ1) is 21.8. The largest absolute Gasteiger partial charge is 0.545 e. The van der Waals surface area contributed by atoms with E-state index in [0.29, 0.717) is 33.8 Å². The molecule has 1 saturated heterocycles. The number of benzene rings is 2. The number of hydrogen-bond acceptors (Lipinski definition) is 5. The van der Waals surface area contributed by atoms with Crippen LogP contribution in [-0.4, -0.2) is 22.8 Å². The van der Waals surface area contributed by atoms with Gasteiger partial charge >= 0.3 is 0 Å². The number of rotatable bonds is 3. The highest BCUT2D eigenvalue weighted by Gasteiger charge is 2.49. The van der Waals surface area contributed by atoms with Crippen LogP contribution in [0.1, 0.15) is 42.1 Å². The van der Waals surface area contributed by atoms with E-state index in [9.17, 15) is 19.5 Å². The number of anilines is 1. The van der Waals surface area contributed by atoms with Gasteiger partial charge in [-0.25, -0.2) is 4.98 Å². The Kier molecular flexibility index (Phi) is 5.32. The average molecular weight is 506 g/mol. The molecule has 0 N–H and O–H groups in total. The highest BCUT2D eigenvalue weighted by molar-refractivity contribution is 9.10. The molecule has 7 heteroatoms. The third-order valence-corrected chi connectivity index (χ3v) is 7.36. The first-order valence-electron chi connectivity index (χ1n) is 11.0. The standard InChI is InChI=1S/C26H23BrN2O4/c1-13-3-8-18-20(9-13)25(31)29(24(18)30)17-6-4-15(5-7-17)22-12-21(26(32)33)19-11-16(27)10-14(2)23(19)28-22/h4-7,10-13,18,20H,3,8-9H2,1-2H3,(H,32,33)/p-1. The van der Waals surface area contributed by atoms with Crippen molar-refractivity contribution in [3.63, 3.8) is 0 Å². The summed E-state index contributed by atoms with van der Waals surface area (Å²) < 4.78 is 0.767. The van der Waals surface area contributed by atoms with Crippen molar-refractivity contribution in [2.24, 2.45) is 17.8 Å². The summed E-state index contributed by atoms with van der Waals surface area (Å²) in [7, 11) is 0. The second-order valence-electron chi connectivity index (χ2n) is 9.15. The Balaban J connectivity index is 1.52. The predicted molar refractivity (Wildman–Crippen MR) is 126 cm³/mol. The fraction of sp³-hybridized carbons (Fsp3) is 0.308. The minimum absolute atomic E-state index is 0.0616. The Bertz CT molecular complexity index is 1320. The summed E-state index contributed by atoms with van der Waals surface area (Å²) in [5.74, 6) is -1.50. The molecule has 1 aromatic heterocycles. The predicted octanol–water partition coefficient (Wildman–Crippen LogP) is 4.26. The summed E-state index contributed by atoms with van der Waals surface area (Å²) in [4.78, 5) is 43.8. The van der Waals surface area contributed by atoms with Gasteiger partial charge in [0.1, 0.15) is 0 Å². The molecule has 2 amide bonds. The molecule has 0 radical (unpaired) electrons. The topological polar surface area (TPSA) is 90.4 Å². The molecular formula is C26H22BrN2O4-. The molecule has 2 aliphatic rings. The van der Waals surface area contributed by atoms with E-state index in [-0.39, 0.29) is 29.2 Å². The van der Waals surface area contributed by atoms with Crippen LogP contribution < -0.4 is 10.0 Å². The average Bonchev–Trinajstić information content (AvgIpc) is 3.02. The van der Waals surface area contributed by atoms with E-state index in [2.05, 4.69) is 22.9 Å². The van der Waals surface area contributed by atoms with Crippen molar-refractivity contribution >= 4 is 50.3 Å². The molecule has 3 unspecified atom stereocenters. The molecular weight excluding hydrogens is 484 g/mol. The second-order valence-corrected chi connectivity index (χ2v) is 10.1. The van der Waals surface area contributed by atoms with Gasteiger partial charge in [0, 0.05) is 21.0 Å². The van der Waals surface area contributed by atoms with Crippen molar-refractivity contribution < 1.29 is 19.5 Å². The van der Waals surface area contributed by atoms with Crippen LogP contribution in [0.2, 0.25) is 0 Å². The minimum Gasteiger partial charge on any atom is -0.545 e. The van der Waals surface area contributed by atoms with E-state index in [1.54, 1.807) is 30.3 Å². The summed E-state index contributed by atoms with van der Waals surface area (Å²) in [5.41, 5.74) is 3.20. The van der Waals surface area contributed by atoms with Crippen LogP contribution in [0.3, 0.4) is 0 Å². The zero-order chi connectivity index (χ0) is 23.4. The van der Waals surface area contributed by atoms with Gasteiger partial charge in [0.25, 0.3) is 0 Å². The van der Waals surface area contributed by atoms with Gasteiger partial charge in [0.2, 0.25) is 11.8 Å².